The molecule has 1 amide bonds. The summed E-state index contributed by atoms with van der Waals surface area (Å²) in [4.78, 5) is 26.7. The third kappa shape index (κ3) is 5.58. The zero-order valence-electron chi connectivity index (χ0n) is 22.7. The summed E-state index contributed by atoms with van der Waals surface area (Å²) in [6.07, 6.45) is 8.81. The molecule has 1 saturated heterocycles. The van der Waals surface area contributed by atoms with E-state index in [-0.39, 0.29) is 29.7 Å². The van der Waals surface area contributed by atoms with E-state index in [0.29, 0.717) is 37.9 Å². The molecule has 0 radical (unpaired) electrons. The molecule has 3 atom stereocenters. The molecule has 0 spiro atoms. The van der Waals surface area contributed by atoms with Crippen molar-refractivity contribution in [3.63, 3.8) is 0 Å². The Kier molecular flexibility index (Phi) is 8.05. The lowest BCUT2D eigenvalue weighted by molar-refractivity contribution is -0.132. The second-order valence-electron chi connectivity index (χ2n) is 10.9. The van der Waals surface area contributed by atoms with Gasteiger partial charge in [-0.3, -0.25) is 14.8 Å². The van der Waals surface area contributed by atoms with E-state index in [1.807, 2.05) is 42.3 Å². The van der Waals surface area contributed by atoms with Crippen molar-refractivity contribution >= 4 is 11.6 Å². The van der Waals surface area contributed by atoms with Gasteiger partial charge >= 0.3 is 0 Å². The van der Waals surface area contributed by atoms with Gasteiger partial charge in [0.05, 0.1) is 11.9 Å². The Bertz CT molecular complexity index is 1320. The first-order chi connectivity index (χ1) is 18.8. The quantitative estimate of drug-likeness (QED) is 0.324. The van der Waals surface area contributed by atoms with E-state index in [4.69, 9.17) is 4.98 Å². The van der Waals surface area contributed by atoms with Crippen molar-refractivity contribution in [2.24, 2.45) is 0 Å². The number of amides is 1. The topological polar surface area (TPSA) is 49.3 Å². The Morgan fingerprint density at radius 3 is 2.49 bits per heavy atom. The lowest BCUT2D eigenvalue weighted by Crippen LogP contribution is -2.46. The number of carbonyl (C=O) groups is 1. The molecule has 5 nitrogen and oxygen atoms in total. The molecule has 204 valence electrons. The first-order valence-corrected chi connectivity index (χ1v) is 13.9. The Hall–Kier alpha value is -3.61. The fourth-order valence-corrected chi connectivity index (χ4v) is 6.52. The lowest BCUT2D eigenvalue weighted by atomic mass is 9.81. The van der Waals surface area contributed by atoms with Crippen LogP contribution in [0.4, 0.5) is 14.5 Å². The minimum atomic E-state index is -0.820. The number of pyridine rings is 2. The van der Waals surface area contributed by atoms with Crippen LogP contribution in [0.5, 0.6) is 0 Å². The number of fused-ring (bicyclic) bond motifs is 1. The van der Waals surface area contributed by atoms with Crippen molar-refractivity contribution in [1.29, 1.82) is 0 Å². The molecule has 1 fully saturated rings. The van der Waals surface area contributed by atoms with Gasteiger partial charge in [-0.2, -0.15) is 0 Å². The van der Waals surface area contributed by atoms with Crippen LogP contribution in [0.25, 0.3) is 0 Å². The molecule has 3 heterocycles. The second-order valence-corrected chi connectivity index (χ2v) is 10.9. The largest absolute Gasteiger partial charge is 0.343 e. The molecule has 3 aromatic rings. The van der Waals surface area contributed by atoms with E-state index >= 15 is 0 Å². The lowest BCUT2D eigenvalue weighted by Gasteiger charge is -2.40. The minimum absolute atomic E-state index is 0.0403. The number of anilines is 1. The maximum Gasteiger partial charge on any atom is 0.223 e. The Balaban J connectivity index is 1.29. The van der Waals surface area contributed by atoms with Crippen LogP contribution < -0.4 is 4.90 Å². The van der Waals surface area contributed by atoms with Gasteiger partial charge in [0, 0.05) is 55.3 Å². The number of halogens is 2. The van der Waals surface area contributed by atoms with Crippen LogP contribution in [0.15, 0.2) is 73.3 Å². The smallest absolute Gasteiger partial charge is 0.223 e. The first kappa shape index (κ1) is 27.0. The standard InChI is InChI=1S/C32H36F2N4O/c1-21(2)38(25-7-5-15-35-20-25)24-13-17-37(18-14-24)30(39)19-23-11-12-26(28-8-4-10-29(33)31(28)34)22(3)27-9-6-16-36-32(23)27/h4-10,15-16,20,22-24,26H,1,11-14,17-19H2,2-3H3. The summed E-state index contributed by atoms with van der Waals surface area (Å²) in [6.45, 7) is 9.61. The summed E-state index contributed by atoms with van der Waals surface area (Å²) >= 11 is 0. The summed E-state index contributed by atoms with van der Waals surface area (Å²) in [5, 5.41) is 0. The van der Waals surface area contributed by atoms with E-state index in [1.165, 1.54) is 0 Å². The molecule has 2 aromatic heterocycles. The van der Waals surface area contributed by atoms with Gasteiger partial charge < -0.3 is 9.80 Å². The highest BCUT2D eigenvalue weighted by Gasteiger charge is 2.35. The number of benzene rings is 1. The van der Waals surface area contributed by atoms with Gasteiger partial charge in [-0.25, -0.2) is 8.78 Å². The van der Waals surface area contributed by atoms with Crippen LogP contribution in [0, 0.1) is 11.6 Å². The number of piperidine rings is 1. The van der Waals surface area contributed by atoms with Crippen LogP contribution in [0.3, 0.4) is 0 Å². The molecule has 5 rings (SSSR count). The van der Waals surface area contributed by atoms with Gasteiger partial charge in [-0.1, -0.05) is 31.7 Å². The van der Waals surface area contributed by atoms with Crippen molar-refractivity contribution in [3.8, 4) is 0 Å². The Morgan fingerprint density at radius 1 is 1.03 bits per heavy atom. The van der Waals surface area contributed by atoms with Crippen molar-refractivity contribution in [1.82, 2.24) is 14.9 Å². The highest BCUT2D eigenvalue weighted by molar-refractivity contribution is 5.77. The zero-order valence-corrected chi connectivity index (χ0v) is 22.7. The average Bonchev–Trinajstić information content (AvgIpc) is 3.08. The normalized spacial score (nSPS) is 21.6. The fourth-order valence-electron chi connectivity index (χ4n) is 6.52. The molecule has 0 bridgehead atoms. The first-order valence-electron chi connectivity index (χ1n) is 13.9. The van der Waals surface area contributed by atoms with Gasteiger partial charge in [0.15, 0.2) is 11.6 Å². The van der Waals surface area contributed by atoms with Crippen molar-refractivity contribution < 1.29 is 13.6 Å². The number of rotatable bonds is 6. The minimum Gasteiger partial charge on any atom is -0.343 e. The highest BCUT2D eigenvalue weighted by atomic mass is 19.2. The average molecular weight is 531 g/mol. The number of allylic oxidation sites excluding steroid dienone is 1. The molecule has 39 heavy (non-hydrogen) atoms. The van der Waals surface area contributed by atoms with E-state index in [9.17, 15) is 13.6 Å². The van der Waals surface area contributed by atoms with Gasteiger partial charge in [-0.15, -0.1) is 0 Å². The summed E-state index contributed by atoms with van der Waals surface area (Å²) in [6, 6.07) is 12.6. The monoisotopic (exact) mass is 530 g/mol. The van der Waals surface area contributed by atoms with Crippen LogP contribution >= 0.6 is 0 Å². The number of hydrogen-bond acceptors (Lipinski definition) is 4. The zero-order chi connectivity index (χ0) is 27.5. The number of aromatic nitrogens is 2. The molecule has 2 aliphatic rings. The number of nitrogens with zero attached hydrogens (tertiary/aromatic N) is 4. The summed E-state index contributed by atoms with van der Waals surface area (Å²) < 4.78 is 28.9. The van der Waals surface area contributed by atoms with Crippen molar-refractivity contribution in [2.45, 2.75) is 69.7 Å². The van der Waals surface area contributed by atoms with E-state index in [0.717, 1.165) is 41.5 Å². The fraction of sp³-hybridized carbons (Fsp3) is 0.406. The Labute approximate surface area is 229 Å². The highest BCUT2D eigenvalue weighted by Crippen LogP contribution is 2.46. The van der Waals surface area contributed by atoms with Crippen LogP contribution in [-0.2, 0) is 4.79 Å². The third-order valence-corrected chi connectivity index (χ3v) is 8.50. The predicted octanol–water partition coefficient (Wildman–Crippen LogP) is 6.94. The molecule has 1 aliphatic heterocycles. The van der Waals surface area contributed by atoms with Crippen LogP contribution in [0.1, 0.15) is 80.5 Å². The molecule has 3 unspecified atom stereocenters. The van der Waals surface area contributed by atoms with E-state index in [1.54, 1.807) is 24.5 Å². The Morgan fingerprint density at radius 2 is 1.77 bits per heavy atom. The maximum absolute atomic E-state index is 14.8. The van der Waals surface area contributed by atoms with Crippen molar-refractivity contribution in [3.05, 3.63) is 102 Å². The number of likely N-dealkylation sites (tertiary alicyclic amines) is 1. The van der Waals surface area contributed by atoms with Gasteiger partial charge in [-0.05, 0) is 79.8 Å². The molecule has 7 heteroatoms. The SMILES string of the molecule is C=C(C)N(c1cccnc1)C1CCN(C(=O)CC2CCC(c3cccc(F)c3F)C(C)c3cccnc32)CC1. The molecule has 0 N–H and O–H groups in total. The van der Waals surface area contributed by atoms with E-state index in [2.05, 4.69) is 23.4 Å². The predicted molar refractivity (Wildman–Crippen MR) is 149 cm³/mol. The van der Waals surface area contributed by atoms with Gasteiger partial charge in [0.25, 0.3) is 0 Å². The van der Waals surface area contributed by atoms with Crippen LogP contribution in [-0.4, -0.2) is 39.9 Å². The summed E-state index contributed by atoms with van der Waals surface area (Å²) in [5.41, 5.74) is 4.33. The van der Waals surface area contributed by atoms with Gasteiger partial charge in [0.2, 0.25) is 5.91 Å². The molecular formula is C32H36F2N4O. The number of hydrogen-bond donors (Lipinski definition) is 0. The van der Waals surface area contributed by atoms with Crippen LogP contribution in [0.2, 0.25) is 0 Å². The summed E-state index contributed by atoms with van der Waals surface area (Å²) in [7, 11) is 0. The van der Waals surface area contributed by atoms with E-state index < -0.39 is 11.6 Å². The third-order valence-electron chi connectivity index (χ3n) is 8.50. The summed E-state index contributed by atoms with van der Waals surface area (Å²) in [5.74, 6) is -1.74. The second kappa shape index (κ2) is 11.6. The molecule has 1 aliphatic carbocycles. The molecular weight excluding hydrogens is 494 g/mol. The maximum atomic E-state index is 14.8. The molecule has 0 saturated carbocycles. The molecule has 1 aromatic carbocycles. The number of carbonyl (C=O) groups excluding carboxylic acids is 1. The van der Waals surface area contributed by atoms with Gasteiger partial charge in [0.1, 0.15) is 0 Å². The van der Waals surface area contributed by atoms with Crippen molar-refractivity contribution in [2.75, 3.05) is 18.0 Å².